The van der Waals surface area contributed by atoms with E-state index in [-0.39, 0.29) is 0 Å². The maximum atomic E-state index is 4.75. The largest absolute Gasteiger partial charge is 0.373 e. The molecule has 2 heterocycles. The number of nitrogens with zero attached hydrogens (tertiary/aromatic N) is 3. The van der Waals surface area contributed by atoms with Crippen molar-refractivity contribution in [1.29, 1.82) is 0 Å². The fourth-order valence-corrected chi connectivity index (χ4v) is 2.58. The molecule has 0 unspecified atom stereocenters. The highest BCUT2D eigenvalue weighted by atomic mass is 15.2. The van der Waals surface area contributed by atoms with Gasteiger partial charge in [0.25, 0.3) is 0 Å². The zero-order valence-electron chi connectivity index (χ0n) is 12.9. The molecule has 0 atom stereocenters. The Morgan fingerprint density at radius 2 is 1.84 bits per heavy atom. The van der Waals surface area contributed by atoms with E-state index in [0.29, 0.717) is 5.41 Å². The fourth-order valence-electron chi connectivity index (χ4n) is 2.58. The number of aromatic nitrogens is 2. The lowest BCUT2D eigenvalue weighted by molar-refractivity contribution is 0.279. The van der Waals surface area contributed by atoms with Gasteiger partial charge < -0.3 is 10.2 Å². The standard InChI is InChI=1S/C15H26N4/c1-6-12-17-13(16-5)11(2)14(18-12)19-9-7-15(3,4)8-10-19/h6-10H2,1-5H3,(H,16,17,18). The summed E-state index contributed by atoms with van der Waals surface area (Å²) in [6.45, 7) is 11.1. The second-order valence-electron chi connectivity index (χ2n) is 6.19. The minimum atomic E-state index is 0.469. The van der Waals surface area contributed by atoms with Crippen molar-refractivity contribution in [1.82, 2.24) is 9.97 Å². The van der Waals surface area contributed by atoms with Crippen molar-refractivity contribution in [2.45, 2.75) is 47.0 Å². The monoisotopic (exact) mass is 262 g/mol. The van der Waals surface area contributed by atoms with Gasteiger partial charge in [-0.25, -0.2) is 9.97 Å². The van der Waals surface area contributed by atoms with Crippen LogP contribution in [0.5, 0.6) is 0 Å². The van der Waals surface area contributed by atoms with Gasteiger partial charge in [0.05, 0.1) is 0 Å². The SMILES string of the molecule is CCc1nc(NC)c(C)c(N2CCC(C)(C)CC2)n1. The molecule has 1 fully saturated rings. The van der Waals surface area contributed by atoms with Crippen LogP contribution >= 0.6 is 0 Å². The molecule has 19 heavy (non-hydrogen) atoms. The van der Waals surface area contributed by atoms with E-state index >= 15 is 0 Å². The summed E-state index contributed by atoms with van der Waals surface area (Å²) < 4.78 is 0. The molecule has 1 aromatic heterocycles. The Labute approximate surface area is 116 Å². The molecule has 4 nitrogen and oxygen atoms in total. The first-order valence-corrected chi connectivity index (χ1v) is 7.27. The highest BCUT2D eigenvalue weighted by Crippen LogP contribution is 2.33. The van der Waals surface area contributed by atoms with E-state index in [1.807, 2.05) is 7.05 Å². The van der Waals surface area contributed by atoms with E-state index in [2.05, 4.69) is 42.9 Å². The van der Waals surface area contributed by atoms with E-state index in [9.17, 15) is 0 Å². The van der Waals surface area contributed by atoms with E-state index in [1.54, 1.807) is 0 Å². The van der Waals surface area contributed by atoms with E-state index in [0.717, 1.165) is 37.0 Å². The molecule has 0 amide bonds. The van der Waals surface area contributed by atoms with Gasteiger partial charge in [0, 0.05) is 32.1 Å². The third-order valence-electron chi connectivity index (χ3n) is 4.14. The van der Waals surface area contributed by atoms with Crippen molar-refractivity contribution >= 4 is 11.6 Å². The van der Waals surface area contributed by atoms with Crippen molar-refractivity contribution < 1.29 is 0 Å². The van der Waals surface area contributed by atoms with Gasteiger partial charge in [-0.2, -0.15) is 0 Å². The van der Waals surface area contributed by atoms with Crippen molar-refractivity contribution in [3.05, 3.63) is 11.4 Å². The van der Waals surface area contributed by atoms with Gasteiger partial charge in [-0.3, -0.25) is 0 Å². The summed E-state index contributed by atoms with van der Waals surface area (Å²) >= 11 is 0. The summed E-state index contributed by atoms with van der Waals surface area (Å²) in [5.41, 5.74) is 1.64. The van der Waals surface area contributed by atoms with Crippen LogP contribution in [0.3, 0.4) is 0 Å². The highest BCUT2D eigenvalue weighted by Gasteiger charge is 2.27. The Morgan fingerprint density at radius 1 is 1.21 bits per heavy atom. The second kappa shape index (κ2) is 5.35. The molecule has 1 aliphatic heterocycles. The molecule has 0 aromatic carbocycles. The lowest BCUT2D eigenvalue weighted by atomic mass is 9.82. The summed E-state index contributed by atoms with van der Waals surface area (Å²) in [5, 5.41) is 3.19. The molecule has 1 N–H and O–H groups in total. The molecule has 0 spiro atoms. The first-order chi connectivity index (χ1) is 8.96. The predicted octanol–water partition coefficient (Wildman–Crippen LogP) is 3.02. The quantitative estimate of drug-likeness (QED) is 0.909. The maximum absolute atomic E-state index is 4.75. The van der Waals surface area contributed by atoms with Gasteiger partial charge in [0.15, 0.2) is 0 Å². The molecule has 0 bridgehead atoms. The predicted molar refractivity (Wildman–Crippen MR) is 80.9 cm³/mol. The van der Waals surface area contributed by atoms with Gasteiger partial charge in [-0.15, -0.1) is 0 Å². The van der Waals surface area contributed by atoms with E-state index in [4.69, 9.17) is 4.98 Å². The summed E-state index contributed by atoms with van der Waals surface area (Å²) in [7, 11) is 1.93. The zero-order valence-corrected chi connectivity index (χ0v) is 12.9. The van der Waals surface area contributed by atoms with Crippen LogP contribution in [0.25, 0.3) is 0 Å². The molecule has 4 heteroatoms. The number of hydrogen-bond donors (Lipinski definition) is 1. The zero-order chi connectivity index (χ0) is 14.0. The molecule has 1 aromatic rings. The normalized spacial score (nSPS) is 18.5. The van der Waals surface area contributed by atoms with Crippen LogP contribution in [0.15, 0.2) is 0 Å². The van der Waals surface area contributed by atoms with Gasteiger partial charge in [-0.05, 0) is 25.2 Å². The van der Waals surface area contributed by atoms with Crippen molar-refractivity contribution in [3.8, 4) is 0 Å². The average molecular weight is 262 g/mol. The van der Waals surface area contributed by atoms with Crippen LogP contribution in [0.4, 0.5) is 11.6 Å². The summed E-state index contributed by atoms with van der Waals surface area (Å²) in [5.74, 6) is 3.01. The van der Waals surface area contributed by atoms with Crippen LogP contribution < -0.4 is 10.2 Å². The van der Waals surface area contributed by atoms with Crippen LogP contribution in [-0.2, 0) is 6.42 Å². The number of rotatable bonds is 3. The van der Waals surface area contributed by atoms with Crippen LogP contribution in [0.1, 0.15) is 45.0 Å². The molecule has 0 radical (unpaired) electrons. The second-order valence-corrected chi connectivity index (χ2v) is 6.19. The third kappa shape index (κ3) is 2.99. The Kier molecular flexibility index (Phi) is 3.97. The molecular weight excluding hydrogens is 236 g/mol. The first-order valence-electron chi connectivity index (χ1n) is 7.27. The fraction of sp³-hybridized carbons (Fsp3) is 0.733. The van der Waals surface area contributed by atoms with Gasteiger partial charge >= 0.3 is 0 Å². The van der Waals surface area contributed by atoms with Crippen molar-refractivity contribution in [3.63, 3.8) is 0 Å². The van der Waals surface area contributed by atoms with Crippen LogP contribution in [0, 0.1) is 12.3 Å². The minimum absolute atomic E-state index is 0.469. The van der Waals surface area contributed by atoms with Crippen molar-refractivity contribution in [2.24, 2.45) is 5.41 Å². The lowest BCUT2D eigenvalue weighted by Crippen LogP contribution is -2.38. The average Bonchev–Trinajstić information content (AvgIpc) is 2.39. The Hall–Kier alpha value is -1.32. The lowest BCUT2D eigenvalue weighted by Gasteiger charge is -2.38. The van der Waals surface area contributed by atoms with Crippen LogP contribution in [-0.4, -0.2) is 30.1 Å². The molecule has 1 saturated heterocycles. The highest BCUT2D eigenvalue weighted by molar-refractivity contribution is 5.58. The Balaban J connectivity index is 2.29. The number of hydrogen-bond acceptors (Lipinski definition) is 4. The molecule has 0 saturated carbocycles. The smallest absolute Gasteiger partial charge is 0.137 e. The summed E-state index contributed by atoms with van der Waals surface area (Å²) in [4.78, 5) is 11.7. The van der Waals surface area contributed by atoms with Crippen molar-refractivity contribution in [2.75, 3.05) is 30.4 Å². The molecular formula is C15H26N4. The number of anilines is 2. The third-order valence-corrected chi connectivity index (χ3v) is 4.14. The van der Waals surface area contributed by atoms with E-state index in [1.165, 1.54) is 18.4 Å². The Bertz CT molecular complexity index is 444. The Morgan fingerprint density at radius 3 is 2.37 bits per heavy atom. The van der Waals surface area contributed by atoms with Gasteiger partial charge in [0.1, 0.15) is 17.5 Å². The maximum Gasteiger partial charge on any atom is 0.137 e. The number of piperidine rings is 1. The minimum Gasteiger partial charge on any atom is -0.373 e. The topological polar surface area (TPSA) is 41.1 Å². The van der Waals surface area contributed by atoms with E-state index < -0.39 is 0 Å². The number of aryl methyl sites for hydroxylation is 1. The van der Waals surface area contributed by atoms with Crippen LogP contribution in [0.2, 0.25) is 0 Å². The summed E-state index contributed by atoms with van der Waals surface area (Å²) in [6.07, 6.45) is 3.33. The summed E-state index contributed by atoms with van der Waals surface area (Å²) in [6, 6.07) is 0. The van der Waals surface area contributed by atoms with Gasteiger partial charge in [-0.1, -0.05) is 20.8 Å². The molecule has 0 aliphatic carbocycles. The molecule has 106 valence electrons. The number of nitrogens with one attached hydrogen (secondary N) is 1. The molecule has 1 aliphatic rings. The molecule has 2 rings (SSSR count). The first kappa shape index (κ1) is 14.1. The van der Waals surface area contributed by atoms with Gasteiger partial charge in [0.2, 0.25) is 0 Å².